The van der Waals surface area contributed by atoms with Crippen LogP contribution in [0.2, 0.25) is 0 Å². The number of carbonyl (C=O) groups excluding carboxylic acids is 2. The average molecular weight is 378 g/mol. The molecule has 0 aromatic heterocycles. The summed E-state index contributed by atoms with van der Waals surface area (Å²) in [5.41, 5.74) is 2.00. The second kappa shape index (κ2) is 7.76. The van der Waals surface area contributed by atoms with Gasteiger partial charge in [-0.1, -0.05) is 36.4 Å². The Labute approximate surface area is 163 Å². The third kappa shape index (κ3) is 3.71. The molecule has 6 heteroatoms. The lowest BCUT2D eigenvalue weighted by atomic mass is 9.93. The fourth-order valence-corrected chi connectivity index (χ4v) is 3.55. The van der Waals surface area contributed by atoms with Gasteiger partial charge < -0.3 is 19.7 Å². The molecule has 4 rings (SSSR count). The van der Waals surface area contributed by atoms with Crippen molar-refractivity contribution in [3.63, 3.8) is 0 Å². The van der Waals surface area contributed by atoms with E-state index in [9.17, 15) is 9.59 Å². The second-order valence-electron chi connectivity index (χ2n) is 6.89. The van der Waals surface area contributed by atoms with Gasteiger partial charge in [0.25, 0.3) is 0 Å². The number of ether oxygens (including phenoxy) is 2. The highest BCUT2D eigenvalue weighted by Crippen LogP contribution is 2.33. The van der Waals surface area contributed by atoms with Gasteiger partial charge in [0.2, 0.25) is 11.8 Å². The summed E-state index contributed by atoms with van der Waals surface area (Å²) >= 11 is 0. The molecular formula is C22H22N2O4. The summed E-state index contributed by atoms with van der Waals surface area (Å²) in [6.07, 6.45) is 3.58. The highest BCUT2D eigenvalue weighted by Gasteiger charge is 2.29. The van der Waals surface area contributed by atoms with Gasteiger partial charge in [-0.2, -0.15) is 0 Å². The highest BCUT2D eigenvalue weighted by atomic mass is 16.6. The molecule has 0 spiro atoms. The molecular weight excluding hydrogens is 356 g/mol. The third-order valence-electron chi connectivity index (χ3n) is 4.94. The van der Waals surface area contributed by atoms with E-state index >= 15 is 0 Å². The van der Waals surface area contributed by atoms with Crippen LogP contribution in [-0.2, 0) is 9.59 Å². The van der Waals surface area contributed by atoms with Crippen molar-refractivity contribution in [1.82, 2.24) is 10.2 Å². The molecule has 2 heterocycles. The monoisotopic (exact) mass is 378 g/mol. The van der Waals surface area contributed by atoms with Crippen molar-refractivity contribution in [2.24, 2.45) is 0 Å². The summed E-state index contributed by atoms with van der Waals surface area (Å²) in [6, 6.07) is 15.0. The van der Waals surface area contributed by atoms with Crippen LogP contribution < -0.4 is 14.8 Å². The minimum atomic E-state index is -0.317. The Kier molecular flexibility index (Phi) is 5.02. The Bertz CT molecular complexity index is 924. The van der Waals surface area contributed by atoms with E-state index in [-0.39, 0.29) is 30.4 Å². The van der Waals surface area contributed by atoms with Gasteiger partial charge in [-0.3, -0.25) is 9.59 Å². The van der Waals surface area contributed by atoms with Crippen LogP contribution >= 0.6 is 0 Å². The Morgan fingerprint density at radius 1 is 1.11 bits per heavy atom. The first kappa shape index (κ1) is 18.1. The zero-order valence-corrected chi connectivity index (χ0v) is 15.6. The lowest BCUT2D eigenvalue weighted by Crippen LogP contribution is -2.42. The first-order valence-corrected chi connectivity index (χ1v) is 9.33. The summed E-state index contributed by atoms with van der Waals surface area (Å²) in [7, 11) is 0. The van der Waals surface area contributed by atoms with E-state index < -0.39 is 0 Å². The lowest BCUT2D eigenvalue weighted by Gasteiger charge is -2.32. The molecule has 2 atom stereocenters. The Hall–Kier alpha value is -3.28. The van der Waals surface area contributed by atoms with Gasteiger partial charge in [-0.05, 0) is 29.3 Å². The van der Waals surface area contributed by atoms with E-state index in [4.69, 9.17) is 9.47 Å². The molecule has 1 N–H and O–H groups in total. The fraction of sp³-hybridized carbons (Fsp3) is 0.273. The smallest absolute Gasteiger partial charge is 0.223 e. The molecule has 28 heavy (non-hydrogen) atoms. The fourth-order valence-electron chi connectivity index (χ4n) is 3.55. The highest BCUT2D eigenvalue weighted by molar-refractivity contribution is 5.81. The Morgan fingerprint density at radius 3 is 2.68 bits per heavy atom. The van der Waals surface area contributed by atoms with Gasteiger partial charge in [-0.25, -0.2) is 0 Å². The van der Waals surface area contributed by atoms with Gasteiger partial charge in [0.1, 0.15) is 12.7 Å². The number of nitrogens with one attached hydrogen (secondary N) is 1. The van der Waals surface area contributed by atoms with Crippen LogP contribution in [-0.4, -0.2) is 36.0 Å². The van der Waals surface area contributed by atoms with Crippen LogP contribution in [0.25, 0.3) is 6.08 Å². The van der Waals surface area contributed by atoms with E-state index in [0.29, 0.717) is 24.7 Å². The number of para-hydroxylation sites is 2. The molecule has 0 aliphatic carbocycles. The number of benzene rings is 2. The molecule has 0 saturated heterocycles. The minimum Gasteiger partial charge on any atom is -0.486 e. The summed E-state index contributed by atoms with van der Waals surface area (Å²) < 4.78 is 11.5. The average Bonchev–Trinajstić information content (AvgIpc) is 2.72. The molecule has 0 saturated carbocycles. The van der Waals surface area contributed by atoms with Gasteiger partial charge in [0.15, 0.2) is 11.5 Å². The molecule has 2 aliphatic rings. The van der Waals surface area contributed by atoms with Crippen LogP contribution in [0.3, 0.4) is 0 Å². The number of fused-ring (bicyclic) bond motifs is 2. The first-order valence-electron chi connectivity index (χ1n) is 9.33. The van der Waals surface area contributed by atoms with Gasteiger partial charge >= 0.3 is 0 Å². The number of rotatable bonds is 4. The Balaban J connectivity index is 1.39. The van der Waals surface area contributed by atoms with E-state index in [1.165, 1.54) is 6.92 Å². The number of hydrogen-bond acceptors (Lipinski definition) is 4. The lowest BCUT2D eigenvalue weighted by molar-refractivity contribution is -0.130. The van der Waals surface area contributed by atoms with E-state index in [0.717, 1.165) is 11.1 Å². The molecule has 2 aromatic carbocycles. The minimum absolute atomic E-state index is 0.0934. The molecule has 2 aromatic rings. The maximum absolute atomic E-state index is 12.6. The summed E-state index contributed by atoms with van der Waals surface area (Å²) in [4.78, 5) is 26.2. The number of carbonyl (C=O) groups is 2. The molecule has 0 unspecified atom stereocenters. The zero-order valence-electron chi connectivity index (χ0n) is 15.6. The predicted molar refractivity (Wildman–Crippen MR) is 105 cm³/mol. The molecule has 0 bridgehead atoms. The third-order valence-corrected chi connectivity index (χ3v) is 4.94. The van der Waals surface area contributed by atoms with Gasteiger partial charge in [0.05, 0.1) is 19.0 Å². The van der Waals surface area contributed by atoms with E-state index in [1.54, 1.807) is 11.1 Å². The quantitative estimate of drug-likeness (QED) is 0.888. The maximum Gasteiger partial charge on any atom is 0.223 e. The molecule has 0 radical (unpaired) electrons. The summed E-state index contributed by atoms with van der Waals surface area (Å²) in [5.74, 6) is 1.17. The normalized spacial score (nSPS) is 19.7. The van der Waals surface area contributed by atoms with Crippen LogP contribution in [0.15, 0.2) is 54.7 Å². The first-order chi connectivity index (χ1) is 13.6. The van der Waals surface area contributed by atoms with Crippen molar-refractivity contribution < 1.29 is 19.1 Å². The molecule has 2 aliphatic heterocycles. The molecule has 2 amide bonds. The number of amides is 2. The van der Waals surface area contributed by atoms with Crippen molar-refractivity contribution in [1.29, 1.82) is 0 Å². The zero-order chi connectivity index (χ0) is 19.5. The van der Waals surface area contributed by atoms with Crippen LogP contribution in [0, 0.1) is 0 Å². The van der Waals surface area contributed by atoms with Crippen molar-refractivity contribution in [3.8, 4) is 11.5 Å². The van der Waals surface area contributed by atoms with E-state index in [2.05, 4.69) is 5.32 Å². The summed E-state index contributed by atoms with van der Waals surface area (Å²) in [6.45, 7) is 2.23. The van der Waals surface area contributed by atoms with Crippen molar-refractivity contribution >= 4 is 17.9 Å². The number of hydrogen-bond donors (Lipinski definition) is 1. The Morgan fingerprint density at radius 2 is 1.86 bits per heavy atom. The van der Waals surface area contributed by atoms with Gasteiger partial charge in [-0.15, -0.1) is 0 Å². The van der Waals surface area contributed by atoms with Gasteiger partial charge in [0, 0.05) is 13.1 Å². The molecule has 6 nitrogen and oxygen atoms in total. The van der Waals surface area contributed by atoms with Crippen LogP contribution in [0.5, 0.6) is 11.5 Å². The molecule has 144 valence electrons. The van der Waals surface area contributed by atoms with Crippen LogP contribution in [0.1, 0.15) is 30.5 Å². The van der Waals surface area contributed by atoms with Crippen molar-refractivity contribution in [3.05, 3.63) is 65.9 Å². The predicted octanol–water partition coefficient (Wildman–Crippen LogP) is 2.91. The SMILES string of the molecule is CC(=O)N1C=Cc2ccccc2[C@@H]1CC(=O)NC[C@H]1COc2ccccc2O1. The number of nitrogens with zero attached hydrogens (tertiary/aromatic N) is 1. The standard InChI is InChI=1S/C22H22N2O4/c1-15(25)24-11-10-16-6-2-3-7-18(16)19(24)12-22(26)23-13-17-14-27-20-8-4-5-9-21(20)28-17/h2-11,17,19H,12-14H2,1H3,(H,23,26)/t17-,19-/m0/s1. The van der Waals surface area contributed by atoms with Crippen molar-refractivity contribution in [2.75, 3.05) is 13.2 Å². The van der Waals surface area contributed by atoms with E-state index in [1.807, 2.05) is 54.6 Å². The topological polar surface area (TPSA) is 67.9 Å². The largest absolute Gasteiger partial charge is 0.486 e. The van der Waals surface area contributed by atoms with Crippen molar-refractivity contribution in [2.45, 2.75) is 25.5 Å². The van der Waals surface area contributed by atoms with Crippen LogP contribution in [0.4, 0.5) is 0 Å². The molecule has 0 fully saturated rings. The maximum atomic E-state index is 12.6. The summed E-state index contributed by atoms with van der Waals surface area (Å²) in [5, 5.41) is 2.91. The second-order valence-corrected chi connectivity index (χ2v) is 6.89.